The highest BCUT2D eigenvalue weighted by Crippen LogP contribution is 2.21. The van der Waals surface area contributed by atoms with Gasteiger partial charge in [-0.25, -0.2) is 9.37 Å². The minimum atomic E-state index is -0.495. The summed E-state index contributed by atoms with van der Waals surface area (Å²) >= 11 is 0. The summed E-state index contributed by atoms with van der Waals surface area (Å²) < 4.78 is 22.1. The number of fused-ring (bicyclic) bond motifs is 1. The van der Waals surface area contributed by atoms with E-state index >= 15 is 0 Å². The monoisotopic (exact) mass is 473 g/mol. The van der Waals surface area contributed by atoms with Crippen molar-refractivity contribution in [3.8, 4) is 5.75 Å². The number of unbranched alkanes of at least 4 members (excludes halogenated alkanes) is 2. The molecule has 0 aliphatic heterocycles. The topological polar surface area (TPSA) is 56.1 Å². The van der Waals surface area contributed by atoms with Gasteiger partial charge in [-0.2, -0.15) is 0 Å². The number of ether oxygens (including phenoxy) is 1. The molecule has 4 aromatic rings. The van der Waals surface area contributed by atoms with Crippen molar-refractivity contribution < 1.29 is 13.9 Å². The fourth-order valence-corrected chi connectivity index (χ4v) is 4.20. The molecule has 1 heterocycles. The molecule has 182 valence electrons. The first kappa shape index (κ1) is 24.5. The van der Waals surface area contributed by atoms with Crippen molar-refractivity contribution in [1.82, 2.24) is 14.9 Å². The van der Waals surface area contributed by atoms with E-state index in [1.165, 1.54) is 17.7 Å². The fraction of sp³-hybridized carbons (Fsp3) is 0.310. The zero-order valence-electron chi connectivity index (χ0n) is 20.4. The molecule has 0 atom stereocenters. The zero-order chi connectivity index (χ0) is 24.6. The summed E-state index contributed by atoms with van der Waals surface area (Å²) in [5.74, 6) is 1.11. The normalized spacial score (nSPS) is 11.1. The first-order valence-electron chi connectivity index (χ1n) is 12.2. The first-order valence-corrected chi connectivity index (χ1v) is 12.2. The molecule has 5 nitrogen and oxygen atoms in total. The van der Waals surface area contributed by atoms with E-state index < -0.39 is 5.82 Å². The number of para-hydroxylation sites is 2. The van der Waals surface area contributed by atoms with Gasteiger partial charge < -0.3 is 14.6 Å². The Hall–Kier alpha value is -3.67. The third kappa shape index (κ3) is 6.27. The molecule has 0 spiro atoms. The smallest absolute Gasteiger partial charge is 0.254 e. The molecule has 0 saturated carbocycles. The van der Waals surface area contributed by atoms with Crippen molar-refractivity contribution in [1.29, 1.82) is 0 Å². The van der Waals surface area contributed by atoms with Crippen LogP contribution in [-0.4, -0.2) is 28.6 Å². The number of hydrogen-bond donors (Lipinski definition) is 1. The van der Waals surface area contributed by atoms with Gasteiger partial charge in [0.25, 0.3) is 5.91 Å². The highest BCUT2D eigenvalue weighted by atomic mass is 19.1. The number of carbonyl (C=O) groups excluding carboxylic acids is 1. The summed E-state index contributed by atoms with van der Waals surface area (Å²) in [6.45, 7) is 5.94. The molecule has 1 amide bonds. The molecule has 0 aliphatic rings. The van der Waals surface area contributed by atoms with Crippen molar-refractivity contribution in [3.05, 3.63) is 95.1 Å². The van der Waals surface area contributed by atoms with Crippen molar-refractivity contribution in [3.63, 3.8) is 0 Å². The number of nitrogens with zero attached hydrogens (tertiary/aromatic N) is 2. The third-order valence-electron chi connectivity index (χ3n) is 6.13. The Labute approximate surface area is 206 Å². The summed E-state index contributed by atoms with van der Waals surface area (Å²) in [6.07, 6.45) is 3.58. The number of hydrogen-bond acceptors (Lipinski definition) is 3. The number of nitrogens with one attached hydrogen (secondary N) is 1. The zero-order valence-corrected chi connectivity index (χ0v) is 20.4. The van der Waals surface area contributed by atoms with Crippen LogP contribution in [0.25, 0.3) is 11.0 Å². The number of benzene rings is 3. The van der Waals surface area contributed by atoms with Crippen molar-refractivity contribution in [2.24, 2.45) is 0 Å². The Morgan fingerprint density at radius 1 is 1.00 bits per heavy atom. The van der Waals surface area contributed by atoms with Crippen LogP contribution in [0.15, 0.2) is 66.7 Å². The molecule has 0 radical (unpaired) electrons. The van der Waals surface area contributed by atoms with Crippen LogP contribution >= 0.6 is 0 Å². The minimum Gasteiger partial charge on any atom is -0.491 e. The Bertz CT molecular complexity index is 1300. The highest BCUT2D eigenvalue weighted by Gasteiger charge is 2.12. The largest absolute Gasteiger partial charge is 0.491 e. The molecular weight excluding hydrogens is 441 g/mol. The van der Waals surface area contributed by atoms with Gasteiger partial charge in [0, 0.05) is 13.0 Å². The molecule has 1 aromatic heterocycles. The predicted octanol–water partition coefficient (Wildman–Crippen LogP) is 6.01. The summed E-state index contributed by atoms with van der Waals surface area (Å²) in [5.41, 5.74) is 4.51. The van der Waals surface area contributed by atoms with Crippen molar-refractivity contribution in [2.75, 3.05) is 13.2 Å². The van der Waals surface area contributed by atoms with Gasteiger partial charge in [-0.1, -0.05) is 42.8 Å². The van der Waals surface area contributed by atoms with Crippen LogP contribution in [0.4, 0.5) is 4.39 Å². The fourth-order valence-electron chi connectivity index (χ4n) is 4.20. The first-order chi connectivity index (χ1) is 17.0. The maximum Gasteiger partial charge on any atom is 0.254 e. The van der Waals surface area contributed by atoms with Gasteiger partial charge in [0.1, 0.15) is 24.0 Å². The van der Waals surface area contributed by atoms with Gasteiger partial charge in [0.15, 0.2) is 0 Å². The number of amides is 1. The van der Waals surface area contributed by atoms with Gasteiger partial charge >= 0.3 is 0 Å². The van der Waals surface area contributed by atoms with Gasteiger partial charge in [0.05, 0.1) is 23.1 Å². The molecule has 0 fully saturated rings. The second-order valence-corrected chi connectivity index (χ2v) is 8.83. The summed E-state index contributed by atoms with van der Waals surface area (Å²) in [7, 11) is 0. The predicted molar refractivity (Wildman–Crippen MR) is 137 cm³/mol. The number of halogens is 1. The Kier molecular flexibility index (Phi) is 8.14. The molecule has 0 saturated heterocycles. The van der Waals surface area contributed by atoms with E-state index in [1.54, 1.807) is 12.1 Å². The maximum absolute atomic E-state index is 13.7. The van der Waals surface area contributed by atoms with Crippen LogP contribution in [0.5, 0.6) is 5.75 Å². The van der Waals surface area contributed by atoms with Gasteiger partial charge in [0.2, 0.25) is 0 Å². The second-order valence-electron chi connectivity index (χ2n) is 8.83. The number of rotatable bonds is 11. The number of aryl methyl sites for hydroxylation is 3. The Morgan fingerprint density at radius 3 is 2.66 bits per heavy atom. The van der Waals surface area contributed by atoms with Gasteiger partial charge in [-0.3, -0.25) is 4.79 Å². The molecule has 0 aliphatic carbocycles. The molecule has 1 N–H and O–H groups in total. The van der Waals surface area contributed by atoms with E-state index in [2.05, 4.69) is 48.0 Å². The Morgan fingerprint density at radius 2 is 1.80 bits per heavy atom. The second kappa shape index (κ2) is 11.6. The third-order valence-corrected chi connectivity index (χ3v) is 6.13. The molecular formula is C29H32FN3O2. The van der Waals surface area contributed by atoms with Crippen LogP contribution in [0.2, 0.25) is 0 Å². The van der Waals surface area contributed by atoms with E-state index in [9.17, 15) is 9.18 Å². The standard InChI is InChI=1S/C29H32FN3O2/c1-21-15-16-22(2)27(20-21)35-19-18-33-26-13-8-7-12-25(26)32-28(33)14-4-3-9-17-31-29(34)23-10-5-6-11-24(23)30/h5-8,10-13,15-16,20H,3-4,9,14,17-19H2,1-2H3,(H,31,34). The molecule has 0 unspecified atom stereocenters. The quantitative estimate of drug-likeness (QED) is 0.271. The maximum atomic E-state index is 13.7. The van der Waals surface area contributed by atoms with Crippen LogP contribution in [0.1, 0.15) is 46.6 Å². The summed E-state index contributed by atoms with van der Waals surface area (Å²) in [5, 5.41) is 2.81. The molecule has 4 rings (SSSR count). The van der Waals surface area contributed by atoms with E-state index in [4.69, 9.17) is 9.72 Å². The molecule has 3 aromatic carbocycles. The minimum absolute atomic E-state index is 0.0873. The van der Waals surface area contributed by atoms with Gasteiger partial charge in [-0.15, -0.1) is 0 Å². The van der Waals surface area contributed by atoms with E-state index in [1.807, 2.05) is 18.2 Å². The van der Waals surface area contributed by atoms with Crippen molar-refractivity contribution in [2.45, 2.75) is 46.1 Å². The van der Waals surface area contributed by atoms with E-state index in [0.29, 0.717) is 13.2 Å². The lowest BCUT2D eigenvalue weighted by molar-refractivity contribution is 0.0949. The SMILES string of the molecule is Cc1ccc(C)c(OCCn2c(CCCCCNC(=O)c3ccccc3F)nc3ccccc32)c1. The van der Waals surface area contributed by atoms with Gasteiger partial charge in [-0.05, 0) is 68.1 Å². The number of carbonyl (C=O) groups is 1. The molecule has 35 heavy (non-hydrogen) atoms. The van der Waals surface area contributed by atoms with Crippen LogP contribution < -0.4 is 10.1 Å². The lowest BCUT2D eigenvalue weighted by Gasteiger charge is -2.13. The van der Waals surface area contributed by atoms with E-state index in [0.717, 1.165) is 60.4 Å². The average Bonchev–Trinajstić information content (AvgIpc) is 3.21. The Balaban J connectivity index is 1.29. The lowest BCUT2D eigenvalue weighted by atomic mass is 10.1. The molecule has 6 heteroatoms. The van der Waals surface area contributed by atoms with Crippen LogP contribution in [0.3, 0.4) is 0 Å². The van der Waals surface area contributed by atoms with Crippen molar-refractivity contribution >= 4 is 16.9 Å². The lowest BCUT2D eigenvalue weighted by Crippen LogP contribution is -2.25. The number of imidazole rings is 1. The average molecular weight is 474 g/mol. The van der Waals surface area contributed by atoms with Crippen LogP contribution in [0, 0.1) is 19.7 Å². The summed E-state index contributed by atoms with van der Waals surface area (Å²) in [4.78, 5) is 17.0. The highest BCUT2D eigenvalue weighted by molar-refractivity contribution is 5.94. The van der Waals surface area contributed by atoms with Crippen LogP contribution in [-0.2, 0) is 13.0 Å². The molecule has 0 bridgehead atoms. The van der Waals surface area contributed by atoms with E-state index in [-0.39, 0.29) is 11.5 Å². The number of aromatic nitrogens is 2. The summed E-state index contributed by atoms with van der Waals surface area (Å²) in [6, 6.07) is 20.5.